The molecule has 2 aromatic carbocycles. The Morgan fingerprint density at radius 3 is 2.88 bits per heavy atom. The number of anilines is 1. The van der Waals surface area contributed by atoms with E-state index in [1.807, 2.05) is 24.3 Å². The number of nitrogens with one attached hydrogen (secondary N) is 1. The summed E-state index contributed by atoms with van der Waals surface area (Å²) < 4.78 is 18.6. The minimum atomic E-state index is -0.433. The summed E-state index contributed by atoms with van der Waals surface area (Å²) in [7, 11) is 1.57. The van der Waals surface area contributed by atoms with Crippen LogP contribution in [0.3, 0.4) is 0 Å². The number of nitrogens with zero attached hydrogens (tertiary/aromatic N) is 1. The van der Waals surface area contributed by atoms with Crippen LogP contribution in [0.5, 0.6) is 5.75 Å². The first-order valence-electron chi connectivity index (χ1n) is 7.68. The zero-order chi connectivity index (χ0) is 17.8. The molecule has 0 saturated carbocycles. The summed E-state index contributed by atoms with van der Waals surface area (Å²) in [5.41, 5.74) is 1.21. The molecule has 1 saturated heterocycles. The van der Waals surface area contributed by atoms with Crippen molar-refractivity contribution < 1.29 is 18.7 Å². The van der Waals surface area contributed by atoms with E-state index in [2.05, 4.69) is 5.32 Å². The van der Waals surface area contributed by atoms with Crippen molar-refractivity contribution in [1.29, 1.82) is 0 Å². The van der Waals surface area contributed by atoms with Crippen molar-refractivity contribution in [2.24, 2.45) is 0 Å². The van der Waals surface area contributed by atoms with E-state index in [-0.39, 0.29) is 23.7 Å². The molecule has 0 spiro atoms. The van der Waals surface area contributed by atoms with Crippen molar-refractivity contribution in [3.63, 3.8) is 0 Å². The molecule has 1 aliphatic rings. The van der Waals surface area contributed by atoms with Crippen LogP contribution in [0.25, 0.3) is 0 Å². The summed E-state index contributed by atoms with van der Waals surface area (Å²) in [6, 6.07) is 13.1. The highest BCUT2D eigenvalue weighted by molar-refractivity contribution is 8.00. The Morgan fingerprint density at radius 2 is 2.12 bits per heavy atom. The number of thioether (sulfide) groups is 1. The standard InChI is InChI=1S/C18H17FN2O3S/c1-24-15-8-3-2-7-14(15)18-21(17(23)11-25-18)10-16(22)20-13-6-4-5-12(19)9-13/h2-9,18H,10-11H2,1H3,(H,20,22). The molecule has 0 aromatic heterocycles. The number of benzene rings is 2. The van der Waals surface area contributed by atoms with Crippen molar-refractivity contribution in [1.82, 2.24) is 4.90 Å². The fourth-order valence-corrected chi connectivity index (χ4v) is 3.89. The van der Waals surface area contributed by atoms with Crippen LogP contribution in [0.15, 0.2) is 48.5 Å². The minimum Gasteiger partial charge on any atom is -0.496 e. The van der Waals surface area contributed by atoms with Gasteiger partial charge in [-0.05, 0) is 24.3 Å². The molecule has 1 fully saturated rings. The molecule has 0 radical (unpaired) electrons. The first kappa shape index (κ1) is 17.3. The Balaban J connectivity index is 1.75. The van der Waals surface area contributed by atoms with Gasteiger partial charge >= 0.3 is 0 Å². The van der Waals surface area contributed by atoms with Gasteiger partial charge in [-0.25, -0.2) is 4.39 Å². The molecule has 1 atom stereocenters. The van der Waals surface area contributed by atoms with E-state index in [1.165, 1.54) is 34.9 Å². The Hall–Kier alpha value is -2.54. The molecule has 1 heterocycles. The highest BCUT2D eigenvalue weighted by atomic mass is 32.2. The van der Waals surface area contributed by atoms with Crippen LogP contribution in [-0.4, -0.2) is 36.1 Å². The number of hydrogen-bond acceptors (Lipinski definition) is 4. The van der Waals surface area contributed by atoms with Gasteiger partial charge in [-0.2, -0.15) is 0 Å². The first-order chi connectivity index (χ1) is 12.1. The SMILES string of the molecule is COc1ccccc1C1SCC(=O)N1CC(=O)Nc1cccc(F)c1. The Labute approximate surface area is 149 Å². The average molecular weight is 360 g/mol. The van der Waals surface area contributed by atoms with Crippen LogP contribution in [0.2, 0.25) is 0 Å². The number of halogens is 1. The van der Waals surface area contributed by atoms with Gasteiger partial charge in [0.2, 0.25) is 11.8 Å². The van der Waals surface area contributed by atoms with E-state index in [0.29, 0.717) is 17.2 Å². The fourth-order valence-electron chi connectivity index (χ4n) is 2.67. The van der Waals surface area contributed by atoms with Crippen molar-refractivity contribution in [3.05, 3.63) is 59.9 Å². The predicted octanol–water partition coefficient (Wildman–Crippen LogP) is 3.05. The van der Waals surface area contributed by atoms with Gasteiger partial charge in [0.25, 0.3) is 0 Å². The molecule has 1 unspecified atom stereocenters. The minimum absolute atomic E-state index is 0.106. The van der Waals surface area contributed by atoms with Crippen LogP contribution in [-0.2, 0) is 9.59 Å². The lowest BCUT2D eigenvalue weighted by atomic mass is 10.2. The van der Waals surface area contributed by atoms with Crippen LogP contribution in [0.4, 0.5) is 10.1 Å². The monoisotopic (exact) mass is 360 g/mol. The second-order valence-corrected chi connectivity index (χ2v) is 6.55. The molecule has 3 rings (SSSR count). The third kappa shape index (κ3) is 3.93. The van der Waals surface area contributed by atoms with Crippen LogP contribution in [0, 0.1) is 5.82 Å². The maximum absolute atomic E-state index is 13.2. The van der Waals surface area contributed by atoms with Gasteiger partial charge in [0.15, 0.2) is 0 Å². The van der Waals surface area contributed by atoms with Crippen molar-refractivity contribution in [2.45, 2.75) is 5.37 Å². The third-order valence-electron chi connectivity index (χ3n) is 3.80. The molecule has 2 aromatic rings. The number of methoxy groups -OCH3 is 1. The number of carbonyl (C=O) groups is 2. The predicted molar refractivity (Wildman–Crippen MR) is 94.9 cm³/mol. The van der Waals surface area contributed by atoms with Crippen LogP contribution >= 0.6 is 11.8 Å². The summed E-state index contributed by atoms with van der Waals surface area (Å²) in [6.07, 6.45) is 0. The maximum Gasteiger partial charge on any atom is 0.244 e. The quantitative estimate of drug-likeness (QED) is 0.890. The van der Waals surface area contributed by atoms with Crippen molar-refractivity contribution >= 4 is 29.3 Å². The van der Waals surface area contributed by atoms with Gasteiger partial charge in [0.05, 0.1) is 12.9 Å². The molecular weight excluding hydrogens is 343 g/mol. The highest BCUT2D eigenvalue weighted by Gasteiger charge is 2.35. The summed E-state index contributed by atoms with van der Waals surface area (Å²) in [5.74, 6) is 0.0510. The molecule has 1 aliphatic heterocycles. The molecule has 25 heavy (non-hydrogen) atoms. The highest BCUT2D eigenvalue weighted by Crippen LogP contribution is 2.42. The van der Waals surface area contributed by atoms with Crippen LogP contribution in [0.1, 0.15) is 10.9 Å². The molecule has 7 heteroatoms. The van der Waals surface area contributed by atoms with Gasteiger partial charge in [-0.1, -0.05) is 24.3 Å². The first-order valence-corrected chi connectivity index (χ1v) is 8.73. The van der Waals surface area contributed by atoms with Crippen LogP contribution < -0.4 is 10.1 Å². The van der Waals surface area contributed by atoms with E-state index < -0.39 is 5.82 Å². The lowest BCUT2D eigenvalue weighted by molar-refractivity contribution is -0.132. The maximum atomic E-state index is 13.2. The van der Waals surface area contributed by atoms with E-state index in [1.54, 1.807) is 13.2 Å². The second kappa shape index (κ2) is 7.57. The van der Waals surface area contributed by atoms with E-state index in [9.17, 15) is 14.0 Å². The van der Waals surface area contributed by atoms with Gasteiger partial charge in [0.1, 0.15) is 23.5 Å². The summed E-state index contributed by atoms with van der Waals surface area (Å²) in [4.78, 5) is 26.0. The average Bonchev–Trinajstić information content (AvgIpc) is 2.95. The lowest BCUT2D eigenvalue weighted by Crippen LogP contribution is -2.36. The van der Waals surface area contributed by atoms with Crippen molar-refractivity contribution in [2.75, 3.05) is 24.7 Å². The number of ether oxygens (including phenoxy) is 1. The fraction of sp³-hybridized carbons (Fsp3) is 0.222. The number of rotatable bonds is 5. The molecular formula is C18H17FN2O3S. The van der Waals surface area contributed by atoms with Gasteiger partial charge < -0.3 is 15.0 Å². The van der Waals surface area contributed by atoms with Gasteiger partial charge in [-0.3, -0.25) is 9.59 Å². The Bertz CT molecular complexity index is 799. The van der Waals surface area contributed by atoms with E-state index >= 15 is 0 Å². The summed E-state index contributed by atoms with van der Waals surface area (Å²) in [5, 5.41) is 2.33. The normalized spacial score (nSPS) is 16.8. The number of amides is 2. The molecule has 1 N–H and O–H groups in total. The van der Waals surface area contributed by atoms with E-state index in [4.69, 9.17) is 4.74 Å². The van der Waals surface area contributed by atoms with Gasteiger partial charge in [-0.15, -0.1) is 11.8 Å². The largest absolute Gasteiger partial charge is 0.496 e. The lowest BCUT2D eigenvalue weighted by Gasteiger charge is -2.25. The zero-order valence-electron chi connectivity index (χ0n) is 13.6. The topological polar surface area (TPSA) is 58.6 Å². The number of carbonyl (C=O) groups excluding carboxylic acids is 2. The zero-order valence-corrected chi connectivity index (χ0v) is 14.4. The molecule has 0 aliphatic carbocycles. The smallest absolute Gasteiger partial charge is 0.244 e. The van der Waals surface area contributed by atoms with Crippen molar-refractivity contribution in [3.8, 4) is 5.75 Å². The molecule has 0 bridgehead atoms. The summed E-state index contributed by atoms with van der Waals surface area (Å²) >= 11 is 1.45. The molecule has 2 amide bonds. The van der Waals surface area contributed by atoms with Gasteiger partial charge in [0, 0.05) is 11.3 Å². The Kier molecular flexibility index (Phi) is 5.23. The number of hydrogen-bond donors (Lipinski definition) is 1. The van der Waals surface area contributed by atoms with E-state index in [0.717, 1.165) is 5.56 Å². The molecule has 130 valence electrons. The Morgan fingerprint density at radius 1 is 1.32 bits per heavy atom. The number of para-hydroxylation sites is 1. The third-order valence-corrected chi connectivity index (χ3v) is 5.03. The summed E-state index contributed by atoms with van der Waals surface area (Å²) in [6.45, 7) is -0.106. The second-order valence-electron chi connectivity index (χ2n) is 5.49. The molecule has 5 nitrogen and oxygen atoms in total.